The van der Waals surface area contributed by atoms with E-state index in [0.29, 0.717) is 55.0 Å². The summed E-state index contributed by atoms with van der Waals surface area (Å²) in [5.41, 5.74) is -0.544. The van der Waals surface area contributed by atoms with Crippen LogP contribution in [0.1, 0.15) is 4.88 Å². The zero-order valence-electron chi connectivity index (χ0n) is 21.1. The lowest BCUT2D eigenvalue weighted by Crippen LogP contribution is -2.49. The Kier molecular flexibility index (Phi) is 7.99. The van der Waals surface area contributed by atoms with E-state index in [2.05, 4.69) is 25.2 Å². The summed E-state index contributed by atoms with van der Waals surface area (Å²) in [6, 6.07) is 1.73. The van der Waals surface area contributed by atoms with Gasteiger partial charge in [0.15, 0.2) is 0 Å². The molecule has 0 radical (unpaired) electrons. The molecule has 3 aromatic heterocycles. The SMILES string of the molecule is Cc1sc2ncn(CC(=O)NCCN3CCOCC3)c(=O)c2c1S(=O)(=O)N1CCN(c2ncccn2)CC1. The monoisotopic (exact) mass is 562 g/mol. The highest BCUT2D eigenvalue weighted by Gasteiger charge is 2.34. The van der Waals surface area contributed by atoms with Crippen molar-refractivity contribution in [2.45, 2.75) is 18.4 Å². The van der Waals surface area contributed by atoms with Gasteiger partial charge in [-0.25, -0.2) is 23.4 Å². The largest absolute Gasteiger partial charge is 0.379 e. The molecule has 13 nitrogen and oxygen atoms in total. The quantitative estimate of drug-likeness (QED) is 0.382. The van der Waals surface area contributed by atoms with Gasteiger partial charge in [-0.15, -0.1) is 11.3 Å². The number of anilines is 1. The number of rotatable bonds is 8. The molecule has 0 aliphatic carbocycles. The van der Waals surface area contributed by atoms with Crippen LogP contribution in [0.25, 0.3) is 10.2 Å². The fourth-order valence-corrected chi connectivity index (χ4v) is 7.73. The van der Waals surface area contributed by atoms with E-state index in [1.807, 2.05) is 4.90 Å². The summed E-state index contributed by atoms with van der Waals surface area (Å²) in [5, 5.41) is 2.86. The first-order valence-corrected chi connectivity index (χ1v) is 14.7. The van der Waals surface area contributed by atoms with Crippen LogP contribution in [-0.2, 0) is 26.1 Å². The second-order valence-electron chi connectivity index (χ2n) is 9.09. The van der Waals surface area contributed by atoms with Crippen molar-refractivity contribution < 1.29 is 17.9 Å². The molecule has 1 N–H and O–H groups in total. The van der Waals surface area contributed by atoms with E-state index in [-0.39, 0.29) is 35.8 Å². The number of amides is 1. The molecule has 0 unspecified atom stereocenters. The van der Waals surface area contributed by atoms with Crippen molar-refractivity contribution in [2.75, 3.05) is 70.5 Å². The molecule has 38 heavy (non-hydrogen) atoms. The summed E-state index contributed by atoms with van der Waals surface area (Å²) < 4.78 is 35.3. The van der Waals surface area contributed by atoms with E-state index in [9.17, 15) is 18.0 Å². The Balaban J connectivity index is 1.31. The van der Waals surface area contributed by atoms with Crippen molar-refractivity contribution >= 4 is 43.4 Å². The maximum atomic E-state index is 13.7. The van der Waals surface area contributed by atoms with Crippen LogP contribution in [-0.4, -0.2) is 109 Å². The first-order chi connectivity index (χ1) is 18.3. The molecule has 2 aliphatic rings. The summed E-state index contributed by atoms with van der Waals surface area (Å²) in [6.45, 7) is 6.89. The van der Waals surface area contributed by atoms with E-state index in [1.54, 1.807) is 25.4 Å². The van der Waals surface area contributed by atoms with Gasteiger partial charge in [0.05, 0.1) is 24.9 Å². The number of morpholine rings is 1. The van der Waals surface area contributed by atoms with Crippen LogP contribution in [0.2, 0.25) is 0 Å². The summed E-state index contributed by atoms with van der Waals surface area (Å²) in [7, 11) is -3.97. The predicted molar refractivity (Wildman–Crippen MR) is 142 cm³/mol. The third-order valence-electron chi connectivity index (χ3n) is 6.64. The highest BCUT2D eigenvalue weighted by Crippen LogP contribution is 2.33. The number of ether oxygens (including phenoxy) is 1. The molecule has 0 spiro atoms. The first-order valence-electron chi connectivity index (χ1n) is 12.4. The minimum Gasteiger partial charge on any atom is -0.379 e. The fourth-order valence-electron chi connectivity index (χ4n) is 4.64. The van der Waals surface area contributed by atoms with Gasteiger partial charge in [0, 0.05) is 69.6 Å². The number of aryl methyl sites for hydroxylation is 1. The number of hydrogen-bond acceptors (Lipinski definition) is 11. The Morgan fingerprint density at radius 2 is 1.79 bits per heavy atom. The Bertz CT molecular complexity index is 1450. The van der Waals surface area contributed by atoms with Gasteiger partial charge in [-0.05, 0) is 13.0 Å². The number of fused-ring (bicyclic) bond motifs is 1. The zero-order valence-corrected chi connectivity index (χ0v) is 22.7. The molecule has 2 saturated heterocycles. The first kappa shape index (κ1) is 26.6. The van der Waals surface area contributed by atoms with Crippen LogP contribution in [0.5, 0.6) is 0 Å². The number of nitrogens with zero attached hydrogens (tertiary/aromatic N) is 7. The van der Waals surface area contributed by atoms with Gasteiger partial charge in [0.1, 0.15) is 16.3 Å². The average Bonchev–Trinajstić information content (AvgIpc) is 3.29. The van der Waals surface area contributed by atoms with Crippen molar-refractivity contribution in [3.8, 4) is 0 Å². The maximum Gasteiger partial charge on any atom is 0.263 e. The van der Waals surface area contributed by atoms with Crippen LogP contribution in [0.15, 0.2) is 34.5 Å². The number of carbonyl (C=O) groups is 1. The highest BCUT2D eigenvalue weighted by molar-refractivity contribution is 7.89. The number of carbonyl (C=O) groups excluding carboxylic acids is 1. The molecule has 204 valence electrons. The number of hydrogen-bond donors (Lipinski definition) is 1. The van der Waals surface area contributed by atoms with Gasteiger partial charge in [-0.2, -0.15) is 4.31 Å². The molecular weight excluding hydrogens is 532 g/mol. The fraction of sp³-hybridized carbons (Fsp3) is 0.522. The predicted octanol–water partition coefficient (Wildman–Crippen LogP) is -0.484. The van der Waals surface area contributed by atoms with Gasteiger partial charge in [0.25, 0.3) is 5.56 Å². The Morgan fingerprint density at radius 1 is 1.08 bits per heavy atom. The van der Waals surface area contributed by atoms with Crippen LogP contribution in [0.4, 0.5) is 5.95 Å². The lowest BCUT2D eigenvalue weighted by molar-refractivity contribution is -0.121. The highest BCUT2D eigenvalue weighted by atomic mass is 32.2. The molecule has 0 saturated carbocycles. The summed E-state index contributed by atoms with van der Waals surface area (Å²) in [4.78, 5) is 43.7. The standard InChI is InChI=1S/C23H30N8O5S2/c1-17-20(38(34,35)31-9-7-29(8-10-31)23-25-3-2-4-26-23)19-21(37-17)27-16-30(22(19)33)15-18(32)24-5-6-28-11-13-36-14-12-28/h2-4,16H,5-15H2,1H3,(H,24,32). The van der Waals surface area contributed by atoms with Crippen molar-refractivity contribution in [1.29, 1.82) is 0 Å². The minimum absolute atomic E-state index is 0.0264. The second kappa shape index (κ2) is 11.4. The van der Waals surface area contributed by atoms with E-state index < -0.39 is 15.6 Å². The molecule has 2 fully saturated rings. The number of piperazine rings is 1. The van der Waals surface area contributed by atoms with Crippen LogP contribution >= 0.6 is 11.3 Å². The molecule has 5 heterocycles. The molecule has 3 aromatic rings. The summed E-state index contributed by atoms with van der Waals surface area (Å²) >= 11 is 1.16. The number of sulfonamides is 1. The maximum absolute atomic E-state index is 13.7. The van der Waals surface area contributed by atoms with Crippen molar-refractivity contribution in [2.24, 2.45) is 0 Å². The Morgan fingerprint density at radius 3 is 2.50 bits per heavy atom. The van der Waals surface area contributed by atoms with Gasteiger partial charge in [0.2, 0.25) is 21.9 Å². The van der Waals surface area contributed by atoms with Crippen molar-refractivity contribution in [3.63, 3.8) is 0 Å². The number of thiophene rings is 1. The molecule has 2 aliphatic heterocycles. The third-order valence-corrected chi connectivity index (χ3v) is 9.85. The number of aromatic nitrogens is 4. The minimum atomic E-state index is -3.97. The van der Waals surface area contributed by atoms with Crippen LogP contribution < -0.4 is 15.8 Å². The lowest BCUT2D eigenvalue weighted by Gasteiger charge is -2.33. The third kappa shape index (κ3) is 5.56. The van der Waals surface area contributed by atoms with Crippen molar-refractivity contribution in [1.82, 2.24) is 34.0 Å². The molecule has 5 rings (SSSR count). The van der Waals surface area contributed by atoms with E-state index in [1.165, 1.54) is 15.2 Å². The topological polar surface area (TPSA) is 143 Å². The molecule has 0 aromatic carbocycles. The van der Waals surface area contributed by atoms with Gasteiger partial charge in [-0.1, -0.05) is 0 Å². The van der Waals surface area contributed by atoms with E-state index in [0.717, 1.165) is 24.4 Å². The van der Waals surface area contributed by atoms with E-state index in [4.69, 9.17) is 4.74 Å². The molecule has 15 heteroatoms. The molecular formula is C23H30N8O5S2. The zero-order chi connectivity index (χ0) is 26.7. The van der Waals surface area contributed by atoms with Crippen molar-refractivity contribution in [3.05, 3.63) is 40.0 Å². The van der Waals surface area contributed by atoms with Crippen LogP contribution in [0.3, 0.4) is 0 Å². The van der Waals surface area contributed by atoms with Crippen LogP contribution in [0, 0.1) is 6.92 Å². The van der Waals surface area contributed by atoms with Gasteiger partial charge >= 0.3 is 0 Å². The smallest absolute Gasteiger partial charge is 0.263 e. The number of nitrogens with one attached hydrogen (secondary N) is 1. The molecule has 1 amide bonds. The second-order valence-corrected chi connectivity index (χ2v) is 12.2. The normalized spacial score (nSPS) is 17.7. The Hall–Kier alpha value is -2.98. The van der Waals surface area contributed by atoms with Gasteiger partial charge in [-0.3, -0.25) is 19.1 Å². The lowest BCUT2D eigenvalue weighted by atomic mass is 10.3. The Labute approximate surface area is 224 Å². The van der Waals surface area contributed by atoms with E-state index >= 15 is 0 Å². The average molecular weight is 563 g/mol. The molecule has 0 atom stereocenters. The van der Waals surface area contributed by atoms with Gasteiger partial charge < -0.3 is 15.0 Å². The summed E-state index contributed by atoms with van der Waals surface area (Å²) in [6.07, 6.45) is 4.60. The molecule has 0 bridgehead atoms. The summed E-state index contributed by atoms with van der Waals surface area (Å²) in [5.74, 6) is 0.217.